The molecule has 4 nitrogen and oxygen atoms in total. The van der Waals surface area contributed by atoms with Crippen LogP contribution in [-0.2, 0) is 0 Å². The molecule has 2 atom stereocenters. The third-order valence-corrected chi connectivity index (χ3v) is 3.15. The predicted octanol–water partition coefficient (Wildman–Crippen LogP) is 2.74. The van der Waals surface area contributed by atoms with Crippen LogP contribution in [0.4, 0.5) is 0 Å². The monoisotopic (exact) mass is 235 g/mol. The molecule has 1 fully saturated rings. The van der Waals surface area contributed by atoms with Crippen LogP contribution in [0, 0.1) is 5.92 Å². The third-order valence-electron chi connectivity index (χ3n) is 3.15. The van der Waals surface area contributed by atoms with Crippen molar-refractivity contribution in [1.82, 2.24) is 4.98 Å². The van der Waals surface area contributed by atoms with Gasteiger partial charge in [0.2, 0.25) is 0 Å². The van der Waals surface area contributed by atoms with Crippen LogP contribution in [0.15, 0.2) is 18.5 Å². The minimum Gasteiger partial charge on any atom is -0.489 e. The fourth-order valence-electron chi connectivity index (χ4n) is 2.28. The van der Waals surface area contributed by atoms with Gasteiger partial charge in [-0.25, -0.2) is 4.79 Å². The molecule has 1 aliphatic carbocycles. The first kappa shape index (κ1) is 11.9. The zero-order valence-electron chi connectivity index (χ0n) is 9.93. The van der Waals surface area contributed by atoms with Gasteiger partial charge in [-0.1, -0.05) is 13.3 Å². The van der Waals surface area contributed by atoms with E-state index in [1.807, 2.05) is 0 Å². The van der Waals surface area contributed by atoms with Gasteiger partial charge in [-0.3, -0.25) is 4.98 Å². The Labute approximate surface area is 101 Å². The van der Waals surface area contributed by atoms with E-state index in [1.165, 1.54) is 25.1 Å². The van der Waals surface area contributed by atoms with Crippen molar-refractivity contribution in [2.24, 2.45) is 5.92 Å². The maximum atomic E-state index is 10.8. The summed E-state index contributed by atoms with van der Waals surface area (Å²) in [6.45, 7) is 2.22. The molecule has 0 aromatic carbocycles. The number of aromatic nitrogens is 1. The molecule has 17 heavy (non-hydrogen) atoms. The number of carboxylic acid groups (broad SMARTS) is 1. The van der Waals surface area contributed by atoms with Crippen LogP contribution in [0.1, 0.15) is 43.0 Å². The van der Waals surface area contributed by atoms with Crippen LogP contribution < -0.4 is 4.74 Å². The van der Waals surface area contributed by atoms with E-state index in [4.69, 9.17) is 9.84 Å². The number of nitrogens with zero attached hydrogens (tertiary/aromatic N) is 1. The van der Waals surface area contributed by atoms with Crippen molar-refractivity contribution in [3.8, 4) is 5.75 Å². The van der Waals surface area contributed by atoms with Gasteiger partial charge in [0.15, 0.2) is 0 Å². The Kier molecular flexibility index (Phi) is 3.61. The van der Waals surface area contributed by atoms with Gasteiger partial charge < -0.3 is 9.84 Å². The lowest BCUT2D eigenvalue weighted by Gasteiger charge is -2.27. The van der Waals surface area contributed by atoms with Gasteiger partial charge >= 0.3 is 5.97 Å². The average molecular weight is 235 g/mol. The van der Waals surface area contributed by atoms with Crippen molar-refractivity contribution in [3.05, 3.63) is 24.0 Å². The summed E-state index contributed by atoms with van der Waals surface area (Å²) in [5, 5.41) is 8.86. The Morgan fingerprint density at radius 1 is 1.47 bits per heavy atom. The molecule has 92 valence electrons. The Bertz CT molecular complexity index is 405. The molecular weight excluding hydrogens is 218 g/mol. The van der Waals surface area contributed by atoms with Gasteiger partial charge in [-0.15, -0.1) is 0 Å². The van der Waals surface area contributed by atoms with E-state index >= 15 is 0 Å². The van der Waals surface area contributed by atoms with Gasteiger partial charge in [0.05, 0.1) is 17.9 Å². The van der Waals surface area contributed by atoms with E-state index in [2.05, 4.69) is 11.9 Å². The molecule has 1 aliphatic rings. The lowest BCUT2D eigenvalue weighted by molar-refractivity contribution is 0.0694. The van der Waals surface area contributed by atoms with Crippen LogP contribution >= 0.6 is 0 Å². The van der Waals surface area contributed by atoms with Gasteiger partial charge in [0, 0.05) is 6.20 Å². The first-order valence-electron chi connectivity index (χ1n) is 6.00. The molecule has 1 saturated carbocycles. The molecule has 1 aromatic heterocycles. The maximum absolute atomic E-state index is 10.8. The van der Waals surface area contributed by atoms with E-state index in [-0.39, 0.29) is 11.7 Å². The van der Waals surface area contributed by atoms with Gasteiger partial charge in [0.25, 0.3) is 0 Å². The molecule has 2 unspecified atom stereocenters. The highest BCUT2D eigenvalue weighted by Gasteiger charge is 2.20. The number of hydrogen-bond donors (Lipinski definition) is 1. The van der Waals surface area contributed by atoms with E-state index in [1.54, 1.807) is 6.20 Å². The Morgan fingerprint density at radius 3 is 3.00 bits per heavy atom. The summed E-state index contributed by atoms with van der Waals surface area (Å²) >= 11 is 0. The molecule has 1 aromatic rings. The zero-order chi connectivity index (χ0) is 12.3. The molecular formula is C13H17NO3. The maximum Gasteiger partial charge on any atom is 0.337 e. The summed E-state index contributed by atoms with van der Waals surface area (Å²) in [6, 6.07) is 1.54. The fourth-order valence-corrected chi connectivity index (χ4v) is 2.28. The molecule has 0 bridgehead atoms. The van der Waals surface area contributed by atoms with Crippen LogP contribution in [0.25, 0.3) is 0 Å². The number of aromatic carboxylic acids is 1. The lowest BCUT2D eigenvalue weighted by atomic mass is 9.89. The highest BCUT2D eigenvalue weighted by molar-refractivity contribution is 5.87. The molecule has 0 saturated heterocycles. The van der Waals surface area contributed by atoms with Crippen molar-refractivity contribution in [3.63, 3.8) is 0 Å². The van der Waals surface area contributed by atoms with Crippen LogP contribution in [0.5, 0.6) is 5.75 Å². The van der Waals surface area contributed by atoms with Gasteiger partial charge in [0.1, 0.15) is 5.75 Å². The Hall–Kier alpha value is -1.58. The highest BCUT2D eigenvalue weighted by Crippen LogP contribution is 2.27. The second-order valence-electron chi connectivity index (χ2n) is 4.73. The molecule has 2 rings (SSSR count). The van der Waals surface area contributed by atoms with E-state index in [0.717, 1.165) is 12.8 Å². The zero-order valence-corrected chi connectivity index (χ0v) is 9.93. The van der Waals surface area contributed by atoms with Gasteiger partial charge in [-0.05, 0) is 31.2 Å². The van der Waals surface area contributed by atoms with Crippen molar-refractivity contribution >= 4 is 5.97 Å². The van der Waals surface area contributed by atoms with Crippen molar-refractivity contribution < 1.29 is 14.6 Å². The van der Waals surface area contributed by atoms with E-state index < -0.39 is 5.97 Å². The summed E-state index contributed by atoms with van der Waals surface area (Å²) in [6.07, 6.45) is 7.62. The predicted molar refractivity (Wildman–Crippen MR) is 63.2 cm³/mol. The number of carboxylic acids is 1. The largest absolute Gasteiger partial charge is 0.489 e. The summed E-state index contributed by atoms with van der Waals surface area (Å²) in [4.78, 5) is 14.7. The minimum atomic E-state index is -0.972. The van der Waals surface area contributed by atoms with Crippen molar-refractivity contribution in [1.29, 1.82) is 0 Å². The molecule has 0 aliphatic heterocycles. The number of pyridine rings is 1. The Morgan fingerprint density at radius 2 is 2.29 bits per heavy atom. The lowest BCUT2D eigenvalue weighted by Crippen LogP contribution is -2.24. The quantitative estimate of drug-likeness (QED) is 0.875. The smallest absolute Gasteiger partial charge is 0.337 e. The van der Waals surface area contributed by atoms with Crippen LogP contribution in [0.2, 0.25) is 0 Å². The number of rotatable bonds is 3. The molecule has 1 heterocycles. The number of ether oxygens (including phenoxy) is 1. The topological polar surface area (TPSA) is 59.4 Å². The van der Waals surface area contributed by atoms with Gasteiger partial charge in [-0.2, -0.15) is 0 Å². The summed E-state index contributed by atoms with van der Waals surface area (Å²) in [5.74, 6) is 0.272. The SMILES string of the molecule is CC1CCCC(Oc2cncc(C(=O)O)c2)C1. The molecule has 1 N–H and O–H groups in total. The first-order valence-corrected chi connectivity index (χ1v) is 6.00. The highest BCUT2D eigenvalue weighted by atomic mass is 16.5. The van der Waals surface area contributed by atoms with Crippen LogP contribution in [0.3, 0.4) is 0 Å². The third kappa shape index (κ3) is 3.19. The first-order chi connectivity index (χ1) is 8.15. The Balaban J connectivity index is 2.02. The summed E-state index contributed by atoms with van der Waals surface area (Å²) in [7, 11) is 0. The molecule has 0 amide bonds. The van der Waals surface area contributed by atoms with E-state index in [0.29, 0.717) is 11.7 Å². The fraction of sp³-hybridized carbons (Fsp3) is 0.538. The molecule has 0 spiro atoms. The second kappa shape index (κ2) is 5.17. The standard InChI is InChI=1S/C13H17NO3/c1-9-3-2-4-11(5-9)17-12-6-10(13(15)16)7-14-8-12/h6-9,11H,2-5H2,1H3,(H,15,16). The molecule has 0 radical (unpaired) electrons. The summed E-state index contributed by atoms with van der Waals surface area (Å²) < 4.78 is 5.79. The second-order valence-corrected chi connectivity index (χ2v) is 4.73. The minimum absolute atomic E-state index is 0.173. The summed E-state index contributed by atoms with van der Waals surface area (Å²) in [5.41, 5.74) is 0.173. The van der Waals surface area contributed by atoms with E-state index in [9.17, 15) is 4.79 Å². The number of carbonyl (C=O) groups is 1. The van der Waals surface area contributed by atoms with Crippen LogP contribution in [-0.4, -0.2) is 22.2 Å². The van der Waals surface area contributed by atoms with Crippen molar-refractivity contribution in [2.45, 2.75) is 38.7 Å². The normalized spacial score (nSPS) is 24.3. The van der Waals surface area contributed by atoms with Crippen molar-refractivity contribution in [2.75, 3.05) is 0 Å². The number of hydrogen-bond acceptors (Lipinski definition) is 3. The average Bonchev–Trinajstić information content (AvgIpc) is 2.29. The molecule has 4 heteroatoms.